The Kier molecular flexibility index (Phi) is 6.78. The van der Waals surface area contributed by atoms with Gasteiger partial charge >= 0.3 is 0 Å². The van der Waals surface area contributed by atoms with Crippen molar-refractivity contribution in [3.05, 3.63) is 114 Å². The normalized spacial score (nSPS) is 11.8. The third kappa shape index (κ3) is 4.94. The predicted molar refractivity (Wildman–Crippen MR) is 159 cm³/mol. The Hall–Kier alpha value is -5.64. The molecule has 0 radical (unpaired) electrons. The number of ether oxygens (including phenoxy) is 1. The molecule has 1 atom stereocenters. The van der Waals surface area contributed by atoms with E-state index in [0.29, 0.717) is 45.4 Å². The minimum Gasteiger partial charge on any atom is -0.481 e. The average molecular weight is 543 g/mol. The van der Waals surface area contributed by atoms with Crippen LogP contribution in [-0.2, 0) is 0 Å². The molecule has 41 heavy (non-hydrogen) atoms. The summed E-state index contributed by atoms with van der Waals surface area (Å²) in [6, 6.07) is 23.8. The number of methoxy groups -OCH3 is 1. The van der Waals surface area contributed by atoms with Crippen LogP contribution in [0.4, 0.5) is 11.8 Å². The second-order valence-electron chi connectivity index (χ2n) is 9.30. The summed E-state index contributed by atoms with van der Waals surface area (Å²) in [6.45, 7) is 1.92. The monoisotopic (exact) mass is 542 g/mol. The molecular weight excluding hydrogens is 516 g/mol. The fourth-order valence-electron chi connectivity index (χ4n) is 4.78. The number of hydrogen-bond donors (Lipinski definition) is 2. The molecule has 0 spiro atoms. The summed E-state index contributed by atoms with van der Waals surface area (Å²) < 4.78 is 6.96. The fraction of sp³-hybridized carbons (Fsp3) is 0.0968. The van der Waals surface area contributed by atoms with Gasteiger partial charge in [-0.05, 0) is 54.4 Å². The lowest BCUT2D eigenvalue weighted by atomic mass is 10.0. The number of nitrogens with one attached hydrogen (secondary N) is 1. The number of nitrogen functional groups attached to an aromatic ring is 1. The van der Waals surface area contributed by atoms with E-state index in [1.165, 1.54) is 0 Å². The summed E-state index contributed by atoms with van der Waals surface area (Å²) in [6.07, 6.45) is 4.99. The molecule has 0 saturated heterocycles. The molecule has 3 N–H and O–H groups in total. The first-order valence-electron chi connectivity index (χ1n) is 13.0. The summed E-state index contributed by atoms with van der Waals surface area (Å²) in [4.78, 5) is 36.7. The smallest absolute Gasteiger partial charge is 0.266 e. The molecule has 6 aromatic rings. The number of aromatic nitrogens is 6. The van der Waals surface area contributed by atoms with Crippen LogP contribution in [0.1, 0.15) is 18.8 Å². The fourth-order valence-corrected chi connectivity index (χ4v) is 4.78. The highest BCUT2D eigenvalue weighted by atomic mass is 16.5. The highest BCUT2D eigenvalue weighted by molar-refractivity contribution is 5.94. The Morgan fingerprint density at radius 3 is 2.49 bits per heavy atom. The van der Waals surface area contributed by atoms with Crippen molar-refractivity contribution in [3.8, 4) is 34.0 Å². The van der Waals surface area contributed by atoms with Crippen LogP contribution >= 0.6 is 0 Å². The van der Waals surface area contributed by atoms with Gasteiger partial charge in [0, 0.05) is 24.7 Å². The van der Waals surface area contributed by atoms with Crippen molar-refractivity contribution in [1.82, 2.24) is 29.5 Å². The number of anilines is 2. The van der Waals surface area contributed by atoms with Gasteiger partial charge in [-0.1, -0.05) is 36.4 Å². The molecule has 0 fully saturated rings. The van der Waals surface area contributed by atoms with Crippen molar-refractivity contribution in [2.75, 3.05) is 18.2 Å². The van der Waals surface area contributed by atoms with Gasteiger partial charge in [0.15, 0.2) is 0 Å². The van der Waals surface area contributed by atoms with Crippen LogP contribution < -0.4 is 21.3 Å². The first kappa shape index (κ1) is 25.6. The molecule has 0 bridgehead atoms. The molecule has 0 aliphatic carbocycles. The van der Waals surface area contributed by atoms with E-state index >= 15 is 0 Å². The second-order valence-corrected chi connectivity index (χ2v) is 9.30. The number of rotatable bonds is 7. The third-order valence-corrected chi connectivity index (χ3v) is 6.68. The van der Waals surface area contributed by atoms with E-state index in [4.69, 9.17) is 15.5 Å². The SMILES string of the molecule is COc1cc(-c2cccc3nc(C(C)Nc4nc(N)ncc4-c4ccccn4)n(-c4ccccc4)c(=O)c23)ccn1. The maximum absolute atomic E-state index is 14.4. The minimum absolute atomic E-state index is 0.115. The van der Waals surface area contributed by atoms with Gasteiger partial charge in [0.05, 0.1) is 41.0 Å². The molecule has 10 heteroatoms. The topological polar surface area (TPSA) is 134 Å². The quantitative estimate of drug-likeness (QED) is 0.284. The first-order valence-corrected chi connectivity index (χ1v) is 13.0. The number of para-hydroxylation sites is 1. The molecule has 10 nitrogen and oxygen atoms in total. The van der Waals surface area contributed by atoms with Crippen molar-refractivity contribution in [1.29, 1.82) is 0 Å². The van der Waals surface area contributed by atoms with Gasteiger partial charge in [-0.15, -0.1) is 0 Å². The zero-order valence-corrected chi connectivity index (χ0v) is 22.4. The zero-order valence-electron chi connectivity index (χ0n) is 22.4. The molecule has 1 unspecified atom stereocenters. The zero-order chi connectivity index (χ0) is 28.3. The number of benzene rings is 2. The molecule has 0 aliphatic heterocycles. The van der Waals surface area contributed by atoms with Crippen LogP contribution in [-0.4, -0.2) is 36.6 Å². The van der Waals surface area contributed by atoms with E-state index in [9.17, 15) is 4.79 Å². The molecule has 0 saturated carbocycles. The van der Waals surface area contributed by atoms with Gasteiger partial charge in [-0.3, -0.25) is 14.3 Å². The summed E-state index contributed by atoms with van der Waals surface area (Å²) in [7, 11) is 1.56. The standard InChI is InChI=1S/C31H26N8O2/c1-19(36-28-23(18-35-31(32)38-28)24-12-6-7-15-33-24)29-37-25-13-8-11-22(20-14-16-34-26(17-20)41-2)27(25)30(40)39(29)21-9-4-3-5-10-21/h3-19H,1-2H3,(H3,32,35,36,38). The number of fused-ring (bicyclic) bond motifs is 1. The van der Waals surface area contributed by atoms with Gasteiger partial charge in [-0.2, -0.15) is 4.98 Å². The summed E-state index contributed by atoms with van der Waals surface area (Å²) in [5, 5.41) is 3.90. The third-order valence-electron chi connectivity index (χ3n) is 6.68. The Morgan fingerprint density at radius 1 is 0.878 bits per heavy atom. The van der Waals surface area contributed by atoms with E-state index in [-0.39, 0.29) is 11.5 Å². The predicted octanol–water partition coefficient (Wildman–Crippen LogP) is 5.06. The van der Waals surface area contributed by atoms with Gasteiger partial charge in [0.1, 0.15) is 11.6 Å². The van der Waals surface area contributed by atoms with Crippen molar-refractivity contribution in [3.63, 3.8) is 0 Å². The number of nitrogens with zero attached hydrogens (tertiary/aromatic N) is 6. The molecule has 4 heterocycles. The molecule has 4 aromatic heterocycles. The van der Waals surface area contributed by atoms with E-state index in [1.54, 1.807) is 36.3 Å². The molecular formula is C31H26N8O2. The van der Waals surface area contributed by atoms with Crippen LogP contribution in [0, 0.1) is 0 Å². The van der Waals surface area contributed by atoms with Crippen LogP contribution in [0.2, 0.25) is 0 Å². The van der Waals surface area contributed by atoms with E-state index in [2.05, 4.69) is 25.3 Å². The van der Waals surface area contributed by atoms with E-state index < -0.39 is 6.04 Å². The van der Waals surface area contributed by atoms with Crippen LogP contribution in [0.5, 0.6) is 5.88 Å². The second kappa shape index (κ2) is 10.9. The van der Waals surface area contributed by atoms with Crippen LogP contribution in [0.3, 0.4) is 0 Å². The van der Waals surface area contributed by atoms with Gasteiger partial charge in [-0.25, -0.2) is 15.0 Å². The molecule has 6 rings (SSSR count). The van der Waals surface area contributed by atoms with Crippen LogP contribution in [0.25, 0.3) is 39.0 Å². The molecule has 0 aliphatic rings. The number of nitrogens with two attached hydrogens (primary N) is 1. The Balaban J connectivity index is 1.54. The van der Waals surface area contributed by atoms with Crippen LogP contribution in [0.15, 0.2) is 102 Å². The Labute approximate surface area is 235 Å². The molecule has 2 aromatic carbocycles. The van der Waals surface area contributed by atoms with Gasteiger partial charge in [0.25, 0.3) is 5.56 Å². The van der Waals surface area contributed by atoms with Crippen molar-refractivity contribution in [2.45, 2.75) is 13.0 Å². The molecule has 0 amide bonds. The minimum atomic E-state index is -0.464. The molecule has 202 valence electrons. The highest BCUT2D eigenvalue weighted by Gasteiger charge is 2.22. The van der Waals surface area contributed by atoms with E-state index in [0.717, 1.165) is 11.1 Å². The largest absolute Gasteiger partial charge is 0.481 e. The Morgan fingerprint density at radius 2 is 1.71 bits per heavy atom. The highest BCUT2D eigenvalue weighted by Crippen LogP contribution is 2.31. The number of hydrogen-bond acceptors (Lipinski definition) is 9. The Bertz CT molecular complexity index is 1910. The maximum atomic E-state index is 14.4. The summed E-state index contributed by atoms with van der Waals surface area (Å²) in [5.74, 6) is 1.56. The lowest BCUT2D eigenvalue weighted by molar-refractivity contribution is 0.398. The van der Waals surface area contributed by atoms with Gasteiger partial charge in [0.2, 0.25) is 11.8 Å². The summed E-state index contributed by atoms with van der Waals surface area (Å²) >= 11 is 0. The maximum Gasteiger partial charge on any atom is 0.266 e. The number of pyridine rings is 2. The lowest BCUT2D eigenvalue weighted by Crippen LogP contribution is -2.28. The van der Waals surface area contributed by atoms with Crippen molar-refractivity contribution < 1.29 is 4.74 Å². The summed E-state index contributed by atoms with van der Waals surface area (Å²) in [5.41, 5.74) is 9.91. The average Bonchev–Trinajstić information content (AvgIpc) is 3.01. The van der Waals surface area contributed by atoms with Crippen molar-refractivity contribution in [2.24, 2.45) is 0 Å². The lowest BCUT2D eigenvalue weighted by Gasteiger charge is -2.22. The van der Waals surface area contributed by atoms with E-state index in [1.807, 2.05) is 79.7 Å². The van der Waals surface area contributed by atoms with Crippen molar-refractivity contribution >= 4 is 22.7 Å². The first-order chi connectivity index (χ1) is 20.0. The van der Waals surface area contributed by atoms with Gasteiger partial charge < -0.3 is 15.8 Å².